The van der Waals surface area contributed by atoms with Crippen molar-refractivity contribution < 1.29 is 14.3 Å². The summed E-state index contributed by atoms with van der Waals surface area (Å²) in [5.74, 6) is -0.245. The van der Waals surface area contributed by atoms with E-state index in [1.54, 1.807) is 0 Å². The number of hydrogen-bond acceptors (Lipinski definition) is 5. The second-order valence-electron chi connectivity index (χ2n) is 4.45. The van der Waals surface area contributed by atoms with E-state index in [0.29, 0.717) is 6.54 Å². The Hall–Kier alpha value is -1.59. The van der Waals surface area contributed by atoms with Gasteiger partial charge in [-0.25, -0.2) is 0 Å². The van der Waals surface area contributed by atoms with Gasteiger partial charge in [-0.05, 0) is 17.7 Å². The number of carbonyl (C=O) groups is 1. The smallest absolute Gasteiger partial charge is 0.319 e. The van der Waals surface area contributed by atoms with Crippen LogP contribution >= 0.6 is 0 Å². The van der Waals surface area contributed by atoms with Crippen LogP contribution in [-0.2, 0) is 20.8 Å². The van der Waals surface area contributed by atoms with Gasteiger partial charge in [0.1, 0.15) is 0 Å². The van der Waals surface area contributed by atoms with E-state index < -0.39 is 0 Å². The quantitative estimate of drug-likeness (QED) is 0.797. The van der Waals surface area contributed by atoms with Crippen molar-refractivity contribution >= 4 is 11.7 Å². The highest BCUT2D eigenvalue weighted by Crippen LogP contribution is 2.16. The van der Waals surface area contributed by atoms with Gasteiger partial charge >= 0.3 is 5.97 Å². The molecular formula is C14H20N2O3. The molecule has 1 N–H and O–H groups in total. The standard InChI is InChI=1S/C14H20N2O3/c1-18-14(17)11-15-10-12-2-4-13(5-3-12)16-6-8-19-9-7-16/h2-5,15H,6-11H2,1H3. The zero-order chi connectivity index (χ0) is 13.5. The zero-order valence-electron chi connectivity index (χ0n) is 11.2. The van der Waals surface area contributed by atoms with Crippen molar-refractivity contribution in [1.29, 1.82) is 0 Å². The van der Waals surface area contributed by atoms with E-state index in [0.717, 1.165) is 31.9 Å². The molecule has 0 aromatic heterocycles. The SMILES string of the molecule is COC(=O)CNCc1ccc(N2CCOCC2)cc1. The lowest BCUT2D eigenvalue weighted by molar-refractivity contribution is -0.139. The number of nitrogens with one attached hydrogen (secondary N) is 1. The lowest BCUT2D eigenvalue weighted by Gasteiger charge is -2.28. The van der Waals surface area contributed by atoms with E-state index in [1.807, 2.05) is 0 Å². The van der Waals surface area contributed by atoms with Crippen LogP contribution in [-0.4, -0.2) is 45.9 Å². The van der Waals surface area contributed by atoms with Crippen LogP contribution in [0.3, 0.4) is 0 Å². The Morgan fingerprint density at radius 2 is 2.00 bits per heavy atom. The van der Waals surface area contributed by atoms with Gasteiger partial charge in [0.05, 0.1) is 26.9 Å². The summed E-state index contributed by atoms with van der Waals surface area (Å²) in [6.45, 7) is 4.38. The van der Waals surface area contributed by atoms with Crippen molar-refractivity contribution in [2.24, 2.45) is 0 Å². The first-order valence-corrected chi connectivity index (χ1v) is 6.49. The summed E-state index contributed by atoms with van der Waals surface area (Å²) in [5, 5.41) is 3.04. The van der Waals surface area contributed by atoms with Gasteiger partial charge in [-0.1, -0.05) is 12.1 Å². The Balaban J connectivity index is 1.82. The predicted octanol–water partition coefficient (Wildman–Crippen LogP) is 0.786. The van der Waals surface area contributed by atoms with E-state index in [1.165, 1.54) is 12.8 Å². The minimum Gasteiger partial charge on any atom is -0.468 e. The second kappa shape index (κ2) is 7.11. The molecule has 1 aliphatic rings. The summed E-state index contributed by atoms with van der Waals surface area (Å²) >= 11 is 0. The van der Waals surface area contributed by atoms with Crippen LogP contribution in [0, 0.1) is 0 Å². The Kier molecular flexibility index (Phi) is 5.18. The number of methoxy groups -OCH3 is 1. The average molecular weight is 264 g/mol. The molecule has 2 rings (SSSR count). The molecular weight excluding hydrogens is 244 g/mol. The maximum absolute atomic E-state index is 11.0. The Bertz CT molecular complexity index is 400. The molecule has 1 heterocycles. The lowest BCUT2D eigenvalue weighted by atomic mass is 10.2. The van der Waals surface area contributed by atoms with Crippen molar-refractivity contribution in [2.45, 2.75) is 6.54 Å². The molecule has 104 valence electrons. The Morgan fingerprint density at radius 1 is 1.32 bits per heavy atom. The molecule has 0 unspecified atom stereocenters. The van der Waals surface area contributed by atoms with Gasteiger partial charge in [0.15, 0.2) is 0 Å². The number of carbonyl (C=O) groups excluding carboxylic acids is 1. The third-order valence-electron chi connectivity index (χ3n) is 3.14. The van der Waals surface area contributed by atoms with Crippen molar-refractivity contribution in [3.05, 3.63) is 29.8 Å². The minimum atomic E-state index is -0.245. The van der Waals surface area contributed by atoms with Gasteiger partial charge in [-0.15, -0.1) is 0 Å². The van der Waals surface area contributed by atoms with Gasteiger partial charge < -0.3 is 19.7 Å². The van der Waals surface area contributed by atoms with E-state index in [9.17, 15) is 4.79 Å². The fourth-order valence-corrected chi connectivity index (χ4v) is 2.03. The first-order chi connectivity index (χ1) is 9.29. The van der Waals surface area contributed by atoms with Crippen molar-refractivity contribution in [3.8, 4) is 0 Å². The van der Waals surface area contributed by atoms with E-state index in [2.05, 4.69) is 39.2 Å². The Labute approximate surface area is 113 Å². The molecule has 1 aromatic carbocycles. The summed E-state index contributed by atoms with van der Waals surface area (Å²) in [7, 11) is 1.39. The van der Waals surface area contributed by atoms with Gasteiger partial charge in [0.25, 0.3) is 0 Å². The molecule has 0 amide bonds. The fourth-order valence-electron chi connectivity index (χ4n) is 2.03. The summed E-state index contributed by atoms with van der Waals surface area (Å²) in [4.78, 5) is 13.3. The maximum atomic E-state index is 11.0. The molecule has 1 saturated heterocycles. The highest BCUT2D eigenvalue weighted by atomic mass is 16.5. The predicted molar refractivity (Wildman–Crippen MR) is 73.2 cm³/mol. The number of benzene rings is 1. The number of rotatable bonds is 5. The monoisotopic (exact) mass is 264 g/mol. The number of morpholine rings is 1. The topological polar surface area (TPSA) is 50.8 Å². The van der Waals surface area contributed by atoms with Crippen LogP contribution in [0.5, 0.6) is 0 Å². The minimum absolute atomic E-state index is 0.238. The third kappa shape index (κ3) is 4.22. The highest BCUT2D eigenvalue weighted by Gasteiger charge is 2.10. The van der Waals surface area contributed by atoms with Gasteiger partial charge in [-0.2, -0.15) is 0 Å². The molecule has 0 saturated carbocycles. The number of nitrogens with zero attached hydrogens (tertiary/aromatic N) is 1. The van der Waals surface area contributed by atoms with Crippen LogP contribution in [0.4, 0.5) is 5.69 Å². The first kappa shape index (κ1) is 13.8. The van der Waals surface area contributed by atoms with Gasteiger partial charge in [0.2, 0.25) is 0 Å². The normalized spacial score (nSPS) is 15.3. The van der Waals surface area contributed by atoms with Crippen LogP contribution in [0.2, 0.25) is 0 Å². The highest BCUT2D eigenvalue weighted by molar-refractivity contribution is 5.71. The molecule has 5 heteroatoms. The molecule has 0 bridgehead atoms. The summed E-state index contributed by atoms with van der Waals surface area (Å²) in [6.07, 6.45) is 0. The number of esters is 1. The molecule has 0 aliphatic carbocycles. The van der Waals surface area contributed by atoms with Crippen LogP contribution in [0.25, 0.3) is 0 Å². The third-order valence-corrected chi connectivity index (χ3v) is 3.14. The van der Waals surface area contributed by atoms with E-state index in [4.69, 9.17) is 4.74 Å². The van der Waals surface area contributed by atoms with Crippen LogP contribution in [0.1, 0.15) is 5.56 Å². The van der Waals surface area contributed by atoms with Crippen molar-refractivity contribution in [1.82, 2.24) is 5.32 Å². The molecule has 1 fully saturated rings. The lowest BCUT2D eigenvalue weighted by Crippen LogP contribution is -2.36. The molecule has 1 aliphatic heterocycles. The summed E-state index contributed by atoms with van der Waals surface area (Å²) in [5.41, 5.74) is 2.38. The number of ether oxygens (including phenoxy) is 2. The number of anilines is 1. The summed E-state index contributed by atoms with van der Waals surface area (Å²) < 4.78 is 9.90. The molecule has 0 spiro atoms. The Morgan fingerprint density at radius 3 is 2.63 bits per heavy atom. The van der Waals surface area contributed by atoms with Gasteiger partial charge in [-0.3, -0.25) is 4.79 Å². The molecule has 0 radical (unpaired) electrons. The first-order valence-electron chi connectivity index (χ1n) is 6.49. The average Bonchev–Trinajstić information content (AvgIpc) is 2.48. The maximum Gasteiger partial charge on any atom is 0.319 e. The second-order valence-corrected chi connectivity index (χ2v) is 4.45. The van der Waals surface area contributed by atoms with Gasteiger partial charge in [0, 0.05) is 25.3 Å². The van der Waals surface area contributed by atoms with Crippen LogP contribution < -0.4 is 10.2 Å². The van der Waals surface area contributed by atoms with Crippen LogP contribution in [0.15, 0.2) is 24.3 Å². The molecule has 0 atom stereocenters. The fraction of sp³-hybridized carbons (Fsp3) is 0.500. The van der Waals surface area contributed by atoms with E-state index in [-0.39, 0.29) is 12.5 Å². The van der Waals surface area contributed by atoms with Crippen molar-refractivity contribution in [3.63, 3.8) is 0 Å². The number of hydrogen-bond donors (Lipinski definition) is 1. The molecule has 5 nitrogen and oxygen atoms in total. The van der Waals surface area contributed by atoms with Crippen molar-refractivity contribution in [2.75, 3.05) is 44.9 Å². The largest absolute Gasteiger partial charge is 0.468 e. The zero-order valence-corrected chi connectivity index (χ0v) is 11.2. The molecule has 1 aromatic rings. The summed E-state index contributed by atoms with van der Waals surface area (Å²) in [6, 6.07) is 8.38. The molecule has 19 heavy (non-hydrogen) atoms. The van der Waals surface area contributed by atoms with E-state index >= 15 is 0 Å².